The molecule has 150 valence electrons. The van der Waals surface area contributed by atoms with E-state index in [1.807, 2.05) is 0 Å². The Morgan fingerprint density at radius 2 is 1.68 bits per heavy atom. The van der Waals surface area contributed by atoms with Gasteiger partial charge in [-0.05, 0) is 56.2 Å². The fourth-order valence-electron chi connectivity index (χ4n) is 4.16. The lowest BCUT2D eigenvalue weighted by molar-refractivity contribution is 0.0928. The van der Waals surface area contributed by atoms with Crippen LogP contribution in [-0.4, -0.2) is 20.4 Å². The van der Waals surface area contributed by atoms with Gasteiger partial charge in [0.2, 0.25) is 0 Å². The molecule has 2 N–H and O–H groups in total. The topological polar surface area (TPSA) is 75.3 Å². The summed E-state index contributed by atoms with van der Waals surface area (Å²) in [5, 5.41) is 3.63. The van der Waals surface area contributed by atoms with Gasteiger partial charge in [-0.25, -0.2) is 8.42 Å². The molecule has 0 bridgehead atoms. The maximum atomic E-state index is 13.1. The van der Waals surface area contributed by atoms with E-state index >= 15 is 0 Å². The average Bonchev–Trinajstić information content (AvgIpc) is 3.06. The van der Waals surface area contributed by atoms with E-state index in [9.17, 15) is 13.2 Å². The first-order chi connectivity index (χ1) is 13.5. The number of rotatable bonds is 5. The van der Waals surface area contributed by atoms with Crippen molar-refractivity contribution in [1.29, 1.82) is 0 Å². The predicted molar refractivity (Wildman–Crippen MR) is 113 cm³/mol. The number of benzene rings is 1. The summed E-state index contributed by atoms with van der Waals surface area (Å²) < 4.78 is 28.4. The fourth-order valence-corrected chi connectivity index (χ4v) is 6.78. The third-order valence-corrected chi connectivity index (χ3v) is 8.32. The minimum Gasteiger partial charge on any atom is -0.349 e. The van der Waals surface area contributed by atoms with Crippen molar-refractivity contribution in [3.8, 4) is 0 Å². The highest BCUT2D eigenvalue weighted by molar-refractivity contribution is 7.93. The number of carbonyl (C=O) groups excluding carboxylic acids is 1. The zero-order valence-corrected chi connectivity index (χ0v) is 17.5. The maximum absolute atomic E-state index is 13.1. The van der Waals surface area contributed by atoms with E-state index in [2.05, 4.69) is 10.0 Å². The summed E-state index contributed by atoms with van der Waals surface area (Å²) in [5.41, 5.74) is 1.58. The number of hydrogen-bond acceptors (Lipinski definition) is 4. The van der Waals surface area contributed by atoms with Gasteiger partial charge in [0, 0.05) is 10.9 Å². The molecule has 0 unspecified atom stereocenters. The highest BCUT2D eigenvalue weighted by atomic mass is 32.2. The quantitative estimate of drug-likeness (QED) is 0.751. The van der Waals surface area contributed by atoms with Crippen molar-refractivity contribution in [3.63, 3.8) is 0 Å². The highest BCUT2D eigenvalue weighted by Crippen LogP contribution is 2.39. The molecule has 7 heteroatoms. The van der Waals surface area contributed by atoms with Crippen molar-refractivity contribution in [2.75, 3.05) is 4.72 Å². The van der Waals surface area contributed by atoms with E-state index in [1.54, 1.807) is 30.3 Å². The van der Waals surface area contributed by atoms with Crippen LogP contribution >= 0.6 is 11.3 Å². The highest BCUT2D eigenvalue weighted by Gasteiger charge is 2.29. The van der Waals surface area contributed by atoms with Gasteiger partial charge in [0.1, 0.15) is 5.00 Å². The number of nitrogens with one attached hydrogen (secondary N) is 2. The maximum Gasteiger partial charge on any atom is 0.262 e. The summed E-state index contributed by atoms with van der Waals surface area (Å²) in [6.07, 6.45) is 9.39. The molecule has 2 aliphatic rings. The molecule has 0 aliphatic heterocycles. The zero-order valence-electron chi connectivity index (χ0n) is 15.9. The van der Waals surface area contributed by atoms with E-state index in [4.69, 9.17) is 0 Å². The van der Waals surface area contributed by atoms with Crippen LogP contribution in [0.15, 0.2) is 35.2 Å². The summed E-state index contributed by atoms with van der Waals surface area (Å²) in [6.45, 7) is 0. The van der Waals surface area contributed by atoms with Crippen molar-refractivity contribution in [2.24, 2.45) is 0 Å². The Morgan fingerprint density at radius 3 is 2.43 bits per heavy atom. The van der Waals surface area contributed by atoms with Gasteiger partial charge in [0.15, 0.2) is 0 Å². The average molecular weight is 419 g/mol. The second kappa shape index (κ2) is 8.25. The van der Waals surface area contributed by atoms with Gasteiger partial charge >= 0.3 is 0 Å². The first kappa shape index (κ1) is 19.5. The van der Waals surface area contributed by atoms with Gasteiger partial charge in [-0.1, -0.05) is 37.5 Å². The minimum absolute atomic E-state index is 0.128. The van der Waals surface area contributed by atoms with Crippen molar-refractivity contribution >= 4 is 32.3 Å². The molecule has 1 fully saturated rings. The second-order valence-electron chi connectivity index (χ2n) is 7.64. The molecule has 0 atom stereocenters. The lowest BCUT2D eigenvalue weighted by Crippen LogP contribution is -2.37. The van der Waals surface area contributed by atoms with Crippen molar-refractivity contribution in [1.82, 2.24) is 5.32 Å². The lowest BCUT2D eigenvalue weighted by Gasteiger charge is -2.23. The Balaban J connectivity index is 1.65. The minimum atomic E-state index is -3.72. The van der Waals surface area contributed by atoms with E-state index in [1.165, 1.54) is 17.8 Å². The van der Waals surface area contributed by atoms with Crippen LogP contribution in [-0.2, 0) is 22.9 Å². The molecular formula is C21H26N2O3S2. The molecular weight excluding hydrogens is 392 g/mol. The van der Waals surface area contributed by atoms with Crippen LogP contribution in [0.4, 0.5) is 5.00 Å². The first-order valence-electron chi connectivity index (χ1n) is 10.1. The molecule has 1 aromatic heterocycles. The third-order valence-electron chi connectivity index (χ3n) is 5.62. The zero-order chi connectivity index (χ0) is 19.6. The molecule has 0 radical (unpaired) electrons. The van der Waals surface area contributed by atoms with Crippen LogP contribution in [0.2, 0.25) is 0 Å². The molecule has 0 saturated heterocycles. The number of amides is 1. The van der Waals surface area contributed by atoms with Crippen molar-refractivity contribution in [3.05, 3.63) is 46.3 Å². The normalized spacial score (nSPS) is 17.7. The van der Waals surface area contributed by atoms with Crippen molar-refractivity contribution in [2.45, 2.75) is 68.7 Å². The van der Waals surface area contributed by atoms with E-state index in [0.717, 1.165) is 61.8 Å². The van der Waals surface area contributed by atoms with Crippen LogP contribution < -0.4 is 10.0 Å². The number of fused-ring (bicyclic) bond motifs is 1. The van der Waals surface area contributed by atoms with Gasteiger partial charge in [0.25, 0.3) is 15.9 Å². The molecule has 5 nitrogen and oxygen atoms in total. The van der Waals surface area contributed by atoms with Crippen LogP contribution in [0.25, 0.3) is 0 Å². The van der Waals surface area contributed by atoms with Gasteiger partial charge in [-0.2, -0.15) is 0 Å². The molecule has 1 amide bonds. The summed E-state index contributed by atoms with van der Waals surface area (Å²) in [5.74, 6) is -0.128. The largest absolute Gasteiger partial charge is 0.349 e. The predicted octanol–water partition coefficient (Wildman–Crippen LogP) is 4.49. The Kier molecular flexibility index (Phi) is 5.73. The SMILES string of the molecule is O=C(NC1CCCCC1)c1c(NS(=O)(=O)c2ccccc2)sc2c1CCCC2. The fraction of sp³-hybridized carbons (Fsp3) is 0.476. The number of thiophene rings is 1. The number of hydrogen-bond donors (Lipinski definition) is 2. The lowest BCUT2D eigenvalue weighted by atomic mass is 9.93. The first-order valence-corrected chi connectivity index (χ1v) is 12.4. The van der Waals surface area contributed by atoms with Crippen LogP contribution in [0.3, 0.4) is 0 Å². The van der Waals surface area contributed by atoms with Crippen LogP contribution in [0.1, 0.15) is 65.7 Å². The van der Waals surface area contributed by atoms with Gasteiger partial charge in [-0.15, -0.1) is 11.3 Å². The molecule has 1 aromatic carbocycles. The van der Waals surface area contributed by atoms with E-state index < -0.39 is 10.0 Å². The number of carbonyl (C=O) groups is 1. The van der Waals surface area contributed by atoms with Crippen LogP contribution in [0.5, 0.6) is 0 Å². The standard InChI is InChI=1S/C21H26N2O3S2/c24-20(22-15-9-3-1-4-10-15)19-17-13-7-8-14-18(17)27-21(19)23-28(25,26)16-11-5-2-6-12-16/h2,5-6,11-12,15,23H,1,3-4,7-10,13-14H2,(H,22,24). The molecule has 4 rings (SSSR count). The summed E-state index contributed by atoms with van der Waals surface area (Å²) in [7, 11) is -3.72. The monoisotopic (exact) mass is 418 g/mol. The third kappa shape index (κ3) is 4.10. The second-order valence-corrected chi connectivity index (χ2v) is 10.4. The molecule has 2 aromatic rings. The Bertz CT molecular complexity index is 946. The summed E-state index contributed by atoms with van der Waals surface area (Å²) in [6, 6.07) is 8.51. The molecule has 0 spiro atoms. The van der Waals surface area contributed by atoms with E-state index in [-0.39, 0.29) is 16.8 Å². The number of sulfonamides is 1. The van der Waals surface area contributed by atoms with Crippen molar-refractivity contribution < 1.29 is 13.2 Å². The number of aryl methyl sites for hydroxylation is 1. The smallest absolute Gasteiger partial charge is 0.262 e. The van der Waals surface area contributed by atoms with Gasteiger partial charge in [-0.3, -0.25) is 9.52 Å². The van der Waals surface area contributed by atoms with Gasteiger partial charge in [0.05, 0.1) is 10.5 Å². The van der Waals surface area contributed by atoms with Gasteiger partial charge < -0.3 is 5.32 Å². The molecule has 28 heavy (non-hydrogen) atoms. The Morgan fingerprint density at radius 1 is 0.964 bits per heavy atom. The summed E-state index contributed by atoms with van der Waals surface area (Å²) in [4.78, 5) is 14.5. The Hall–Kier alpha value is -1.86. The molecule has 1 saturated carbocycles. The number of anilines is 1. The van der Waals surface area contributed by atoms with E-state index in [0.29, 0.717) is 10.6 Å². The molecule has 1 heterocycles. The van der Waals surface area contributed by atoms with Crippen LogP contribution in [0, 0.1) is 0 Å². The summed E-state index contributed by atoms with van der Waals surface area (Å²) >= 11 is 1.42. The Labute approximate surface area is 170 Å². The molecule has 2 aliphatic carbocycles.